The molecule has 0 saturated carbocycles. The molecule has 25 heavy (non-hydrogen) atoms. The maximum Gasteiger partial charge on any atom is 0.146 e. The van der Waals surface area contributed by atoms with E-state index < -0.39 is 0 Å². The number of fused-ring (bicyclic) bond motifs is 1. The SMILES string of the molecule is c1ccc(-c2csc(-c3cc4ccccc4o3)c2-c2ccco2)nc1. The highest BCUT2D eigenvalue weighted by atomic mass is 32.1. The molecule has 4 heteroatoms. The summed E-state index contributed by atoms with van der Waals surface area (Å²) in [6, 6.07) is 19.9. The number of benzene rings is 1. The highest BCUT2D eigenvalue weighted by Crippen LogP contribution is 2.45. The predicted molar refractivity (Wildman–Crippen MR) is 100 cm³/mol. The summed E-state index contributed by atoms with van der Waals surface area (Å²) in [5, 5.41) is 3.21. The molecule has 1 aromatic carbocycles. The normalized spacial score (nSPS) is 11.2. The van der Waals surface area contributed by atoms with E-state index in [0.29, 0.717) is 0 Å². The van der Waals surface area contributed by atoms with E-state index in [2.05, 4.69) is 22.5 Å². The average Bonchev–Trinajstić information content (AvgIpc) is 3.39. The largest absolute Gasteiger partial charge is 0.464 e. The number of furan rings is 2. The van der Waals surface area contributed by atoms with E-state index in [-0.39, 0.29) is 0 Å². The molecule has 3 nitrogen and oxygen atoms in total. The van der Waals surface area contributed by atoms with Crippen molar-refractivity contribution in [3.05, 3.63) is 78.5 Å². The molecular formula is C21H13NO2S. The van der Waals surface area contributed by atoms with Crippen LogP contribution < -0.4 is 0 Å². The van der Waals surface area contributed by atoms with E-state index in [1.807, 2.05) is 48.5 Å². The van der Waals surface area contributed by atoms with Crippen LogP contribution in [0.25, 0.3) is 44.2 Å². The number of thiophene rings is 1. The van der Waals surface area contributed by atoms with Gasteiger partial charge in [-0.1, -0.05) is 24.3 Å². The molecule has 0 saturated heterocycles. The first-order valence-corrected chi connectivity index (χ1v) is 8.84. The van der Waals surface area contributed by atoms with Crippen molar-refractivity contribution in [2.75, 3.05) is 0 Å². The van der Waals surface area contributed by atoms with Gasteiger partial charge in [0.1, 0.15) is 17.1 Å². The number of hydrogen-bond acceptors (Lipinski definition) is 4. The third-order valence-corrected chi connectivity index (χ3v) is 5.14. The van der Waals surface area contributed by atoms with Crippen LogP contribution in [-0.4, -0.2) is 4.98 Å². The van der Waals surface area contributed by atoms with Crippen molar-refractivity contribution in [1.29, 1.82) is 0 Å². The summed E-state index contributed by atoms with van der Waals surface area (Å²) in [7, 11) is 0. The first-order valence-electron chi connectivity index (χ1n) is 7.96. The summed E-state index contributed by atoms with van der Waals surface area (Å²) >= 11 is 1.64. The van der Waals surface area contributed by atoms with Crippen LogP contribution in [0.2, 0.25) is 0 Å². The summed E-state index contributed by atoms with van der Waals surface area (Å²) in [5.41, 5.74) is 3.88. The van der Waals surface area contributed by atoms with Crippen LogP contribution in [0.3, 0.4) is 0 Å². The monoisotopic (exact) mass is 343 g/mol. The van der Waals surface area contributed by atoms with Crippen molar-refractivity contribution in [3.8, 4) is 33.2 Å². The van der Waals surface area contributed by atoms with E-state index in [9.17, 15) is 0 Å². The molecule has 5 aromatic rings. The Morgan fingerprint density at radius 3 is 2.60 bits per heavy atom. The lowest BCUT2D eigenvalue weighted by Gasteiger charge is -2.03. The molecule has 0 spiro atoms. The molecule has 4 heterocycles. The Balaban J connectivity index is 1.76. The zero-order valence-electron chi connectivity index (χ0n) is 13.2. The molecule has 4 aromatic heterocycles. The van der Waals surface area contributed by atoms with Gasteiger partial charge in [0, 0.05) is 28.1 Å². The zero-order chi connectivity index (χ0) is 16.6. The quantitative estimate of drug-likeness (QED) is 0.376. The van der Waals surface area contributed by atoms with Gasteiger partial charge in [-0.05, 0) is 36.4 Å². The maximum absolute atomic E-state index is 6.09. The van der Waals surface area contributed by atoms with Crippen molar-refractivity contribution in [1.82, 2.24) is 4.98 Å². The second kappa shape index (κ2) is 5.76. The lowest BCUT2D eigenvalue weighted by molar-refractivity contribution is 0.582. The number of hydrogen-bond donors (Lipinski definition) is 0. The second-order valence-electron chi connectivity index (χ2n) is 5.69. The first-order chi connectivity index (χ1) is 12.4. The number of aromatic nitrogens is 1. The smallest absolute Gasteiger partial charge is 0.146 e. The highest BCUT2D eigenvalue weighted by Gasteiger charge is 2.21. The molecule has 120 valence electrons. The van der Waals surface area contributed by atoms with Crippen molar-refractivity contribution < 1.29 is 8.83 Å². The fraction of sp³-hybridized carbons (Fsp3) is 0. The van der Waals surface area contributed by atoms with Crippen LogP contribution in [0.1, 0.15) is 0 Å². The Hall–Kier alpha value is -3.11. The van der Waals surface area contributed by atoms with Gasteiger partial charge in [-0.15, -0.1) is 11.3 Å². The van der Waals surface area contributed by atoms with Crippen molar-refractivity contribution >= 4 is 22.3 Å². The average molecular weight is 343 g/mol. The van der Waals surface area contributed by atoms with Crippen LogP contribution in [-0.2, 0) is 0 Å². The fourth-order valence-electron chi connectivity index (χ4n) is 3.01. The van der Waals surface area contributed by atoms with E-state index in [1.165, 1.54) is 0 Å². The summed E-state index contributed by atoms with van der Waals surface area (Å²) in [6.07, 6.45) is 3.50. The number of nitrogens with zero attached hydrogens (tertiary/aromatic N) is 1. The van der Waals surface area contributed by atoms with Crippen LogP contribution in [0, 0.1) is 0 Å². The third kappa shape index (κ3) is 2.39. The van der Waals surface area contributed by atoms with Gasteiger partial charge in [0.2, 0.25) is 0 Å². The minimum Gasteiger partial charge on any atom is -0.464 e. The van der Waals surface area contributed by atoms with E-state index >= 15 is 0 Å². The molecule has 0 unspecified atom stereocenters. The van der Waals surface area contributed by atoms with Gasteiger partial charge in [-0.2, -0.15) is 0 Å². The van der Waals surface area contributed by atoms with Gasteiger partial charge in [0.05, 0.1) is 16.8 Å². The van der Waals surface area contributed by atoms with Crippen LogP contribution >= 0.6 is 11.3 Å². The Labute approximate surface area is 148 Å². The summed E-state index contributed by atoms with van der Waals surface area (Å²) in [6.45, 7) is 0. The summed E-state index contributed by atoms with van der Waals surface area (Å²) in [4.78, 5) is 5.55. The van der Waals surface area contributed by atoms with Gasteiger partial charge >= 0.3 is 0 Å². The van der Waals surface area contributed by atoms with E-state index in [4.69, 9.17) is 8.83 Å². The van der Waals surface area contributed by atoms with Crippen molar-refractivity contribution in [2.45, 2.75) is 0 Å². The second-order valence-corrected chi connectivity index (χ2v) is 6.57. The van der Waals surface area contributed by atoms with Crippen LogP contribution in [0.5, 0.6) is 0 Å². The van der Waals surface area contributed by atoms with Crippen LogP contribution in [0.4, 0.5) is 0 Å². The lowest BCUT2D eigenvalue weighted by atomic mass is 10.0. The molecule has 0 aliphatic carbocycles. The Morgan fingerprint density at radius 2 is 1.80 bits per heavy atom. The Morgan fingerprint density at radius 1 is 0.880 bits per heavy atom. The molecule has 0 radical (unpaired) electrons. The topological polar surface area (TPSA) is 39.2 Å². The maximum atomic E-state index is 6.09. The lowest BCUT2D eigenvalue weighted by Crippen LogP contribution is -1.83. The third-order valence-electron chi connectivity index (χ3n) is 4.15. The Bertz CT molecular complexity index is 1100. The van der Waals surface area contributed by atoms with Gasteiger partial charge < -0.3 is 8.83 Å². The van der Waals surface area contributed by atoms with Gasteiger partial charge in [-0.25, -0.2) is 0 Å². The van der Waals surface area contributed by atoms with Gasteiger partial charge in [-0.3, -0.25) is 4.98 Å². The Kier molecular flexibility index (Phi) is 3.28. The van der Waals surface area contributed by atoms with Crippen molar-refractivity contribution in [2.24, 2.45) is 0 Å². The molecule has 0 atom stereocenters. The van der Waals surface area contributed by atoms with Gasteiger partial charge in [0.25, 0.3) is 0 Å². The molecule has 0 bridgehead atoms. The standard InChI is InChI=1S/C21H13NO2S/c1-2-8-17-14(6-1)12-19(24-17)21-20(18-9-5-11-23-18)15(13-25-21)16-7-3-4-10-22-16/h1-13H. The van der Waals surface area contributed by atoms with E-state index in [1.54, 1.807) is 23.8 Å². The number of pyridine rings is 1. The molecular weight excluding hydrogens is 330 g/mol. The number of para-hydroxylation sites is 1. The fourth-order valence-corrected chi connectivity index (χ4v) is 4.03. The highest BCUT2D eigenvalue weighted by molar-refractivity contribution is 7.14. The van der Waals surface area contributed by atoms with Crippen molar-refractivity contribution in [3.63, 3.8) is 0 Å². The minimum absolute atomic E-state index is 0.817. The summed E-state index contributed by atoms with van der Waals surface area (Å²) < 4.78 is 11.8. The molecule has 0 N–H and O–H groups in total. The molecule has 0 amide bonds. The first kappa shape index (κ1) is 14.3. The van der Waals surface area contributed by atoms with Crippen LogP contribution in [0.15, 0.2) is 87.3 Å². The predicted octanol–water partition coefficient (Wildman–Crippen LogP) is 6.48. The molecule has 0 aliphatic rings. The van der Waals surface area contributed by atoms with E-state index in [0.717, 1.165) is 44.2 Å². The molecule has 0 fully saturated rings. The molecule has 0 aliphatic heterocycles. The minimum atomic E-state index is 0.817. The van der Waals surface area contributed by atoms with Gasteiger partial charge in [0.15, 0.2) is 0 Å². The molecule has 5 rings (SSSR count). The number of rotatable bonds is 3. The zero-order valence-corrected chi connectivity index (χ0v) is 14.0. The summed E-state index contributed by atoms with van der Waals surface area (Å²) in [5.74, 6) is 1.66.